The summed E-state index contributed by atoms with van der Waals surface area (Å²) in [4.78, 5) is 12.2. The Kier molecular flexibility index (Phi) is 5.98. The molecule has 114 valence electrons. The molecule has 0 bridgehead atoms. The summed E-state index contributed by atoms with van der Waals surface area (Å²) < 4.78 is 5.36. The summed E-state index contributed by atoms with van der Waals surface area (Å²) in [5, 5.41) is 11.3. The molecule has 1 amide bonds. The Balaban J connectivity index is 1.77. The van der Waals surface area contributed by atoms with Gasteiger partial charge in [0.2, 0.25) is 5.91 Å². The van der Waals surface area contributed by atoms with Crippen molar-refractivity contribution < 1.29 is 4.79 Å². The van der Waals surface area contributed by atoms with E-state index >= 15 is 0 Å². The molecule has 0 aliphatic carbocycles. The van der Waals surface area contributed by atoms with Crippen molar-refractivity contribution in [3.05, 3.63) is 33.7 Å². The minimum atomic E-state index is -0.268. The highest BCUT2D eigenvalue weighted by Gasteiger charge is 2.18. The van der Waals surface area contributed by atoms with E-state index in [1.807, 2.05) is 24.0 Å². The third kappa shape index (κ3) is 4.67. The van der Waals surface area contributed by atoms with Gasteiger partial charge in [0, 0.05) is 25.5 Å². The van der Waals surface area contributed by atoms with E-state index in [9.17, 15) is 4.79 Å². The van der Waals surface area contributed by atoms with Gasteiger partial charge in [-0.25, -0.2) is 0 Å². The van der Waals surface area contributed by atoms with Gasteiger partial charge in [-0.3, -0.25) is 14.2 Å². The van der Waals surface area contributed by atoms with Gasteiger partial charge in [0.1, 0.15) is 6.04 Å². The summed E-state index contributed by atoms with van der Waals surface area (Å²) in [5.74, 6) is -0.00486. The van der Waals surface area contributed by atoms with Gasteiger partial charge in [-0.15, -0.1) is 0 Å². The summed E-state index contributed by atoms with van der Waals surface area (Å²) in [6, 6.07) is -0.268. The summed E-state index contributed by atoms with van der Waals surface area (Å²) in [7, 11) is 0. The first-order valence-corrected chi connectivity index (χ1v) is 8.34. The minimum absolute atomic E-state index is 0.00486. The second-order valence-corrected chi connectivity index (χ2v) is 6.46. The number of nitrogens with zero attached hydrogens (tertiary/aromatic N) is 4. The first-order chi connectivity index (χ1) is 10.1. The monoisotopic (exact) mass is 417 g/mol. The number of rotatable bonds is 7. The zero-order chi connectivity index (χ0) is 15.2. The number of nitrogens with one attached hydrogen (secondary N) is 1. The van der Waals surface area contributed by atoms with E-state index in [2.05, 4.69) is 47.4 Å². The maximum absolute atomic E-state index is 12.2. The van der Waals surface area contributed by atoms with Gasteiger partial charge in [0.15, 0.2) is 0 Å². The van der Waals surface area contributed by atoms with Crippen LogP contribution in [0, 0.1) is 0 Å². The summed E-state index contributed by atoms with van der Waals surface area (Å²) in [5.41, 5.74) is 0. The highest BCUT2D eigenvalue weighted by atomic mass is 79.9. The molecule has 0 aromatic carbocycles. The first-order valence-electron chi connectivity index (χ1n) is 6.75. The molecule has 1 atom stereocenters. The fourth-order valence-electron chi connectivity index (χ4n) is 2.01. The Morgan fingerprint density at radius 2 is 2.00 bits per heavy atom. The molecule has 0 fully saturated rings. The van der Waals surface area contributed by atoms with Crippen molar-refractivity contribution in [2.45, 2.75) is 32.4 Å². The number of aryl methyl sites for hydroxylation is 1. The molecule has 1 N–H and O–H groups in total. The Hall–Kier alpha value is -1.15. The summed E-state index contributed by atoms with van der Waals surface area (Å²) in [6.45, 7) is 3.37. The van der Waals surface area contributed by atoms with Crippen LogP contribution in [0.25, 0.3) is 0 Å². The largest absolute Gasteiger partial charge is 0.354 e. The molecule has 2 heterocycles. The van der Waals surface area contributed by atoms with E-state index in [4.69, 9.17) is 0 Å². The molecule has 2 aromatic rings. The minimum Gasteiger partial charge on any atom is -0.354 e. The molecular formula is C13H17Br2N5O. The van der Waals surface area contributed by atoms with E-state index in [-0.39, 0.29) is 11.9 Å². The lowest BCUT2D eigenvalue weighted by Crippen LogP contribution is -2.33. The van der Waals surface area contributed by atoms with E-state index in [0.717, 1.165) is 21.9 Å². The van der Waals surface area contributed by atoms with Crippen LogP contribution >= 0.6 is 31.9 Å². The lowest BCUT2D eigenvalue weighted by Gasteiger charge is -2.15. The van der Waals surface area contributed by atoms with Crippen LogP contribution in [0.15, 0.2) is 33.7 Å². The van der Waals surface area contributed by atoms with Crippen LogP contribution in [-0.4, -0.2) is 32.0 Å². The Morgan fingerprint density at radius 1 is 1.29 bits per heavy atom. The van der Waals surface area contributed by atoms with Crippen LogP contribution in [0.1, 0.15) is 25.8 Å². The quantitative estimate of drug-likeness (QED) is 0.703. The number of aromatic nitrogens is 4. The first kappa shape index (κ1) is 16.2. The van der Waals surface area contributed by atoms with Gasteiger partial charge in [-0.1, -0.05) is 6.92 Å². The molecule has 0 saturated carbocycles. The van der Waals surface area contributed by atoms with Gasteiger partial charge in [0.05, 0.1) is 21.3 Å². The molecule has 0 spiro atoms. The number of hydrogen-bond acceptors (Lipinski definition) is 3. The fourth-order valence-corrected chi connectivity index (χ4v) is 2.64. The van der Waals surface area contributed by atoms with Gasteiger partial charge in [-0.05, 0) is 44.7 Å². The number of hydrogen-bond donors (Lipinski definition) is 1. The Labute approximate surface area is 140 Å². The second-order valence-electron chi connectivity index (χ2n) is 4.63. The van der Waals surface area contributed by atoms with E-state index in [1.165, 1.54) is 0 Å². The summed E-state index contributed by atoms with van der Waals surface area (Å²) in [6.07, 6.45) is 8.70. The molecule has 1 unspecified atom stereocenters. The normalized spacial score (nSPS) is 12.3. The van der Waals surface area contributed by atoms with Crippen LogP contribution in [0.2, 0.25) is 0 Å². The molecule has 8 heteroatoms. The number of carbonyl (C=O) groups excluding carboxylic acids is 1. The van der Waals surface area contributed by atoms with E-state index < -0.39 is 0 Å². The average Bonchev–Trinajstić information content (AvgIpc) is 3.05. The molecule has 0 aliphatic heterocycles. The predicted octanol–water partition coefficient (Wildman–Crippen LogP) is 2.76. The fraction of sp³-hybridized carbons (Fsp3) is 0.462. The van der Waals surface area contributed by atoms with Gasteiger partial charge in [0.25, 0.3) is 0 Å². The molecule has 6 nitrogen and oxygen atoms in total. The van der Waals surface area contributed by atoms with Crippen LogP contribution in [0.3, 0.4) is 0 Å². The highest BCUT2D eigenvalue weighted by molar-refractivity contribution is 9.10. The standard InChI is InChI=1S/C13H17Br2N5O/c1-2-12(20-9-11(15)7-18-20)13(21)16-4-3-5-19-8-10(14)6-17-19/h6-9,12H,2-5H2,1H3,(H,16,21). The molecule has 0 radical (unpaired) electrons. The molecule has 0 aliphatic rings. The van der Waals surface area contributed by atoms with Crippen LogP contribution in [0.5, 0.6) is 0 Å². The molecule has 21 heavy (non-hydrogen) atoms. The number of halogens is 2. The zero-order valence-corrected chi connectivity index (χ0v) is 14.8. The maximum Gasteiger partial charge on any atom is 0.244 e. The number of carbonyl (C=O) groups is 1. The third-order valence-corrected chi connectivity index (χ3v) is 3.86. The van der Waals surface area contributed by atoms with Crippen molar-refractivity contribution in [3.8, 4) is 0 Å². The van der Waals surface area contributed by atoms with Crippen molar-refractivity contribution in [1.82, 2.24) is 24.9 Å². The zero-order valence-electron chi connectivity index (χ0n) is 11.7. The molecule has 0 saturated heterocycles. The van der Waals surface area contributed by atoms with Crippen LogP contribution in [0.4, 0.5) is 0 Å². The van der Waals surface area contributed by atoms with Crippen LogP contribution < -0.4 is 5.32 Å². The molecule has 2 rings (SSSR count). The van der Waals surface area contributed by atoms with Gasteiger partial charge in [-0.2, -0.15) is 10.2 Å². The lowest BCUT2D eigenvalue weighted by atomic mass is 10.2. The van der Waals surface area contributed by atoms with Gasteiger partial charge >= 0.3 is 0 Å². The number of amides is 1. The second kappa shape index (κ2) is 7.74. The van der Waals surface area contributed by atoms with Crippen molar-refractivity contribution in [2.24, 2.45) is 0 Å². The van der Waals surface area contributed by atoms with Crippen LogP contribution in [-0.2, 0) is 11.3 Å². The van der Waals surface area contributed by atoms with E-state index in [1.54, 1.807) is 17.1 Å². The topological polar surface area (TPSA) is 64.7 Å². The van der Waals surface area contributed by atoms with Crippen molar-refractivity contribution in [2.75, 3.05) is 6.54 Å². The molecular weight excluding hydrogens is 402 g/mol. The molecule has 2 aromatic heterocycles. The Morgan fingerprint density at radius 3 is 2.57 bits per heavy atom. The van der Waals surface area contributed by atoms with Crippen molar-refractivity contribution in [1.29, 1.82) is 0 Å². The predicted molar refractivity (Wildman–Crippen MR) is 86.8 cm³/mol. The summed E-state index contributed by atoms with van der Waals surface area (Å²) >= 11 is 6.70. The average molecular weight is 419 g/mol. The highest BCUT2D eigenvalue weighted by Crippen LogP contribution is 2.14. The lowest BCUT2D eigenvalue weighted by molar-refractivity contribution is -0.124. The van der Waals surface area contributed by atoms with Crippen molar-refractivity contribution >= 4 is 37.8 Å². The maximum atomic E-state index is 12.2. The third-order valence-electron chi connectivity index (χ3n) is 3.04. The van der Waals surface area contributed by atoms with Gasteiger partial charge < -0.3 is 5.32 Å². The Bertz CT molecular complexity index is 595. The van der Waals surface area contributed by atoms with Crippen molar-refractivity contribution in [3.63, 3.8) is 0 Å². The van der Waals surface area contributed by atoms with E-state index in [0.29, 0.717) is 13.0 Å². The SMILES string of the molecule is CCC(C(=O)NCCCn1cc(Br)cn1)n1cc(Br)cn1. The smallest absolute Gasteiger partial charge is 0.244 e.